The zero-order valence-corrected chi connectivity index (χ0v) is 23.3. The molecule has 5 rings (SSSR count). The monoisotopic (exact) mass is 528 g/mol. The molecule has 0 radical (unpaired) electrons. The lowest BCUT2D eigenvalue weighted by Gasteiger charge is -2.36. The van der Waals surface area contributed by atoms with Crippen molar-refractivity contribution >= 4 is 35.0 Å². The van der Waals surface area contributed by atoms with Crippen molar-refractivity contribution in [3.8, 4) is 0 Å². The number of anilines is 2. The van der Waals surface area contributed by atoms with E-state index in [0.29, 0.717) is 24.2 Å². The standard InChI is InChI=1S/C31H36N4O2S/c1-4-38-25-10-8-22(9-11-25)20-29(36)33-28-13-12-26-27(32-28)14-15-31(2,30(26)37)23-6-5-7-24(21-23)35-18-16-34(3)17-19-35/h5-13,21H,4,14-20H2,1-3H3,(H,32,33,36). The second-order valence-corrected chi connectivity index (χ2v) is 11.8. The van der Waals surface area contributed by atoms with Crippen molar-refractivity contribution in [2.75, 3.05) is 49.2 Å². The molecule has 1 aromatic heterocycles. The molecule has 0 spiro atoms. The molecule has 1 aliphatic heterocycles. The number of nitrogens with one attached hydrogen (secondary N) is 1. The van der Waals surface area contributed by atoms with Gasteiger partial charge in [-0.3, -0.25) is 9.59 Å². The Morgan fingerprint density at radius 2 is 1.82 bits per heavy atom. The lowest BCUT2D eigenvalue weighted by atomic mass is 9.69. The average molecular weight is 529 g/mol. The highest BCUT2D eigenvalue weighted by atomic mass is 32.2. The number of nitrogens with zero attached hydrogens (tertiary/aromatic N) is 3. The van der Waals surface area contributed by atoms with Crippen molar-refractivity contribution in [2.45, 2.75) is 43.4 Å². The highest BCUT2D eigenvalue weighted by molar-refractivity contribution is 7.99. The SMILES string of the molecule is CCSc1ccc(CC(=O)Nc2ccc3c(n2)CCC(C)(c2cccc(N4CCN(C)CC4)c2)C3=O)cc1. The highest BCUT2D eigenvalue weighted by Crippen LogP contribution is 2.39. The van der Waals surface area contributed by atoms with Gasteiger partial charge in [0, 0.05) is 42.3 Å². The van der Waals surface area contributed by atoms with E-state index in [2.05, 4.69) is 77.4 Å². The minimum atomic E-state index is -0.593. The lowest BCUT2D eigenvalue weighted by molar-refractivity contribution is -0.115. The summed E-state index contributed by atoms with van der Waals surface area (Å²) in [5.74, 6) is 1.51. The van der Waals surface area contributed by atoms with E-state index in [9.17, 15) is 9.59 Å². The molecule has 38 heavy (non-hydrogen) atoms. The summed E-state index contributed by atoms with van der Waals surface area (Å²) in [5.41, 5.74) is 4.04. The summed E-state index contributed by atoms with van der Waals surface area (Å²) in [6.45, 7) is 8.26. The summed E-state index contributed by atoms with van der Waals surface area (Å²) >= 11 is 1.78. The molecule has 198 valence electrons. The third-order valence-electron chi connectivity index (χ3n) is 7.80. The Bertz CT molecular complexity index is 1320. The van der Waals surface area contributed by atoms with Crippen molar-refractivity contribution in [3.63, 3.8) is 0 Å². The zero-order chi connectivity index (χ0) is 26.7. The summed E-state index contributed by atoms with van der Waals surface area (Å²) in [4.78, 5) is 37.1. The zero-order valence-electron chi connectivity index (χ0n) is 22.5. The van der Waals surface area contributed by atoms with Crippen LogP contribution >= 0.6 is 11.8 Å². The van der Waals surface area contributed by atoms with Crippen LogP contribution in [0, 0.1) is 0 Å². The van der Waals surface area contributed by atoms with Crippen LogP contribution in [0.25, 0.3) is 0 Å². The number of ketones is 1. The minimum Gasteiger partial charge on any atom is -0.369 e. The molecule has 2 aliphatic rings. The van der Waals surface area contributed by atoms with Crippen molar-refractivity contribution < 1.29 is 9.59 Å². The highest BCUT2D eigenvalue weighted by Gasteiger charge is 2.40. The van der Waals surface area contributed by atoms with E-state index in [1.807, 2.05) is 18.2 Å². The number of aryl methyl sites for hydroxylation is 1. The molecule has 1 unspecified atom stereocenters. The number of benzene rings is 2. The molecule has 0 saturated carbocycles. The molecule has 1 atom stereocenters. The lowest BCUT2D eigenvalue weighted by Crippen LogP contribution is -2.44. The Balaban J connectivity index is 1.28. The summed E-state index contributed by atoms with van der Waals surface area (Å²) in [6, 6.07) is 20.2. The van der Waals surface area contributed by atoms with E-state index in [0.717, 1.165) is 48.8 Å². The Morgan fingerprint density at radius 3 is 2.55 bits per heavy atom. The number of piperazine rings is 1. The number of amides is 1. The first-order valence-electron chi connectivity index (χ1n) is 13.5. The number of pyridine rings is 1. The largest absolute Gasteiger partial charge is 0.369 e. The van der Waals surface area contributed by atoms with Crippen LogP contribution < -0.4 is 10.2 Å². The molecule has 1 fully saturated rings. The van der Waals surface area contributed by atoms with E-state index in [1.54, 1.807) is 17.8 Å². The molecule has 1 amide bonds. The van der Waals surface area contributed by atoms with Gasteiger partial charge in [-0.15, -0.1) is 11.8 Å². The van der Waals surface area contributed by atoms with Gasteiger partial charge in [-0.05, 0) is 80.1 Å². The fraction of sp³-hybridized carbons (Fsp3) is 0.387. The van der Waals surface area contributed by atoms with Gasteiger partial charge in [0.05, 0.1) is 17.5 Å². The second-order valence-electron chi connectivity index (χ2n) is 10.5. The predicted molar refractivity (Wildman–Crippen MR) is 156 cm³/mol. The maximum absolute atomic E-state index is 13.8. The van der Waals surface area contributed by atoms with Gasteiger partial charge >= 0.3 is 0 Å². The number of fused-ring (bicyclic) bond motifs is 1. The summed E-state index contributed by atoms with van der Waals surface area (Å²) < 4.78 is 0. The summed E-state index contributed by atoms with van der Waals surface area (Å²) in [5, 5.41) is 2.92. The van der Waals surface area contributed by atoms with E-state index >= 15 is 0 Å². The van der Waals surface area contributed by atoms with Gasteiger partial charge in [0.15, 0.2) is 5.78 Å². The maximum Gasteiger partial charge on any atom is 0.229 e. The van der Waals surface area contributed by atoms with Gasteiger partial charge in [-0.25, -0.2) is 4.98 Å². The number of rotatable bonds is 7. The van der Waals surface area contributed by atoms with Gasteiger partial charge in [0.2, 0.25) is 5.91 Å². The number of Topliss-reactive ketones (excluding diaryl/α,β-unsaturated/α-hetero) is 1. The van der Waals surface area contributed by atoms with Gasteiger partial charge in [0.1, 0.15) is 5.82 Å². The Morgan fingerprint density at radius 1 is 1.05 bits per heavy atom. The van der Waals surface area contributed by atoms with Crippen molar-refractivity contribution in [1.29, 1.82) is 0 Å². The van der Waals surface area contributed by atoms with E-state index in [4.69, 9.17) is 0 Å². The van der Waals surface area contributed by atoms with Crippen LogP contribution in [-0.4, -0.2) is 60.6 Å². The fourth-order valence-electron chi connectivity index (χ4n) is 5.38. The number of thioether (sulfide) groups is 1. The number of carbonyl (C=O) groups excluding carboxylic acids is 2. The molecule has 0 bridgehead atoms. The molecular weight excluding hydrogens is 492 g/mol. The first-order valence-corrected chi connectivity index (χ1v) is 14.4. The first kappa shape index (κ1) is 26.4. The molecule has 2 heterocycles. The number of likely N-dealkylation sites (N-methyl/N-ethyl adjacent to an activating group) is 1. The molecule has 1 N–H and O–H groups in total. The smallest absolute Gasteiger partial charge is 0.229 e. The molecule has 1 aliphatic carbocycles. The molecule has 7 heteroatoms. The molecule has 6 nitrogen and oxygen atoms in total. The Hall–Kier alpha value is -3.16. The van der Waals surface area contributed by atoms with Crippen molar-refractivity contribution in [2.24, 2.45) is 0 Å². The van der Waals surface area contributed by atoms with E-state index in [1.165, 1.54) is 10.6 Å². The second kappa shape index (κ2) is 11.3. The number of hydrogen-bond donors (Lipinski definition) is 1. The topological polar surface area (TPSA) is 65.5 Å². The average Bonchev–Trinajstić information content (AvgIpc) is 2.92. The van der Waals surface area contributed by atoms with Crippen LogP contribution in [-0.2, 0) is 23.1 Å². The fourth-order valence-corrected chi connectivity index (χ4v) is 6.04. The Labute approximate surface area is 229 Å². The third kappa shape index (κ3) is 5.64. The quantitative estimate of drug-likeness (QED) is 0.425. The summed E-state index contributed by atoms with van der Waals surface area (Å²) in [7, 11) is 2.16. The number of aromatic nitrogens is 1. The van der Waals surface area contributed by atoms with Crippen molar-refractivity contribution in [3.05, 3.63) is 83.0 Å². The van der Waals surface area contributed by atoms with Gasteiger partial charge in [0.25, 0.3) is 0 Å². The van der Waals surface area contributed by atoms with Crippen LogP contribution in [0.4, 0.5) is 11.5 Å². The van der Waals surface area contributed by atoms with Crippen molar-refractivity contribution in [1.82, 2.24) is 9.88 Å². The van der Waals surface area contributed by atoms with Crippen LogP contribution in [0.3, 0.4) is 0 Å². The number of hydrogen-bond acceptors (Lipinski definition) is 6. The van der Waals surface area contributed by atoms with Gasteiger partial charge in [-0.1, -0.05) is 31.2 Å². The molecular formula is C31H36N4O2S. The van der Waals surface area contributed by atoms with Gasteiger partial charge in [-0.2, -0.15) is 0 Å². The summed E-state index contributed by atoms with van der Waals surface area (Å²) in [6.07, 6.45) is 1.67. The van der Waals surface area contributed by atoms with Crippen LogP contribution in [0.2, 0.25) is 0 Å². The van der Waals surface area contributed by atoms with Gasteiger partial charge < -0.3 is 15.1 Å². The Kier molecular flexibility index (Phi) is 7.86. The third-order valence-corrected chi connectivity index (χ3v) is 8.69. The molecule has 3 aromatic rings. The molecule has 1 saturated heterocycles. The van der Waals surface area contributed by atoms with E-state index in [-0.39, 0.29) is 18.1 Å². The van der Waals surface area contributed by atoms with Crippen LogP contribution in [0.1, 0.15) is 47.4 Å². The molecule has 2 aromatic carbocycles. The normalized spacial score (nSPS) is 19.8. The van der Waals surface area contributed by atoms with Crippen LogP contribution in [0.5, 0.6) is 0 Å². The number of carbonyl (C=O) groups is 2. The minimum absolute atomic E-state index is 0.102. The van der Waals surface area contributed by atoms with Crippen LogP contribution in [0.15, 0.2) is 65.6 Å². The maximum atomic E-state index is 13.8. The first-order chi connectivity index (χ1) is 18.4. The van der Waals surface area contributed by atoms with E-state index < -0.39 is 5.41 Å². The predicted octanol–water partition coefficient (Wildman–Crippen LogP) is 5.21.